The highest BCUT2D eigenvalue weighted by Crippen LogP contribution is 2.13. The van der Waals surface area contributed by atoms with Crippen LogP contribution in [0, 0.1) is 23.3 Å². The minimum atomic E-state index is -1.34. The first-order chi connectivity index (χ1) is 9.85. The predicted octanol–water partition coefficient (Wildman–Crippen LogP) is 3.24. The molecule has 0 aliphatic heterocycles. The fourth-order valence-electron chi connectivity index (χ4n) is 1.55. The summed E-state index contributed by atoms with van der Waals surface area (Å²) in [4.78, 5) is 23.1. The molecule has 3 nitrogen and oxygen atoms in total. The number of esters is 2. The second-order valence-corrected chi connectivity index (χ2v) is 3.99. The Labute approximate surface area is 115 Å². The molecule has 0 saturated carbocycles. The molecule has 0 aromatic heterocycles. The van der Waals surface area contributed by atoms with Crippen LogP contribution in [0.15, 0.2) is 36.4 Å². The minimum Gasteiger partial charge on any atom is -0.386 e. The molecule has 2 rings (SSSR count). The second-order valence-electron chi connectivity index (χ2n) is 3.99. The molecule has 108 valence electrons. The van der Waals surface area contributed by atoms with Gasteiger partial charge in [-0.15, -0.1) is 0 Å². The van der Waals surface area contributed by atoms with Crippen molar-refractivity contribution in [1.82, 2.24) is 0 Å². The van der Waals surface area contributed by atoms with Gasteiger partial charge in [0, 0.05) is 12.1 Å². The molecule has 21 heavy (non-hydrogen) atoms. The fourth-order valence-corrected chi connectivity index (χ4v) is 1.55. The number of ether oxygens (including phenoxy) is 1. The summed E-state index contributed by atoms with van der Waals surface area (Å²) in [5.41, 5.74) is -1.09. The van der Waals surface area contributed by atoms with Gasteiger partial charge in [-0.1, -0.05) is 0 Å². The van der Waals surface area contributed by atoms with Crippen molar-refractivity contribution >= 4 is 11.9 Å². The molecule has 0 bridgehead atoms. The van der Waals surface area contributed by atoms with Gasteiger partial charge in [0.05, 0.1) is 11.1 Å². The van der Waals surface area contributed by atoms with E-state index in [1.807, 2.05) is 0 Å². The maximum Gasteiger partial charge on any atom is 0.346 e. The zero-order valence-corrected chi connectivity index (χ0v) is 10.2. The van der Waals surface area contributed by atoms with E-state index >= 15 is 0 Å². The van der Waals surface area contributed by atoms with Crippen LogP contribution in [0.25, 0.3) is 0 Å². The van der Waals surface area contributed by atoms with Crippen molar-refractivity contribution in [3.8, 4) is 0 Å². The first kappa shape index (κ1) is 14.7. The average Bonchev–Trinajstić information content (AvgIpc) is 2.36. The third kappa shape index (κ3) is 3.65. The van der Waals surface area contributed by atoms with E-state index in [9.17, 15) is 27.2 Å². The molecule has 0 spiro atoms. The number of hydrogen-bond acceptors (Lipinski definition) is 3. The summed E-state index contributed by atoms with van der Waals surface area (Å²) in [5.74, 6) is -6.83. The highest BCUT2D eigenvalue weighted by molar-refractivity contribution is 6.02. The molecule has 0 fully saturated rings. The van der Waals surface area contributed by atoms with E-state index in [4.69, 9.17) is 0 Å². The van der Waals surface area contributed by atoms with Crippen molar-refractivity contribution < 1.29 is 31.9 Å². The number of halogens is 4. The van der Waals surface area contributed by atoms with Crippen LogP contribution in [0.5, 0.6) is 0 Å². The normalized spacial score (nSPS) is 10.3. The molecule has 0 radical (unpaired) electrons. The lowest BCUT2D eigenvalue weighted by Crippen LogP contribution is -2.13. The van der Waals surface area contributed by atoms with Gasteiger partial charge in [0.2, 0.25) is 0 Å². The first-order valence-corrected chi connectivity index (χ1v) is 5.54. The van der Waals surface area contributed by atoms with Gasteiger partial charge in [0.15, 0.2) is 0 Å². The van der Waals surface area contributed by atoms with Crippen LogP contribution in [0.3, 0.4) is 0 Å². The lowest BCUT2D eigenvalue weighted by molar-refractivity contribution is 0.0396. The molecule has 0 aliphatic rings. The van der Waals surface area contributed by atoms with Crippen molar-refractivity contribution in [2.75, 3.05) is 0 Å². The molecule has 0 atom stereocenters. The lowest BCUT2D eigenvalue weighted by Gasteiger charge is -2.04. The fraction of sp³-hybridized carbons (Fsp3) is 0. The molecule has 0 N–H and O–H groups in total. The first-order valence-electron chi connectivity index (χ1n) is 5.54. The standard InChI is InChI=1S/C14H6F4O3/c15-9-1-7(2-10(16)5-9)13(19)21-14(20)8-3-11(17)6-12(18)4-8/h1-6H. The maximum atomic E-state index is 12.9. The van der Waals surface area contributed by atoms with E-state index in [0.717, 1.165) is 0 Å². The van der Waals surface area contributed by atoms with Crippen LogP contribution in [0.2, 0.25) is 0 Å². The van der Waals surface area contributed by atoms with Gasteiger partial charge in [0.25, 0.3) is 0 Å². The predicted molar refractivity (Wildman–Crippen MR) is 62.5 cm³/mol. The zero-order chi connectivity index (χ0) is 15.6. The summed E-state index contributed by atoms with van der Waals surface area (Å²) in [5, 5.41) is 0. The quantitative estimate of drug-likeness (QED) is 0.485. The van der Waals surface area contributed by atoms with Crippen LogP contribution in [0.4, 0.5) is 17.6 Å². The summed E-state index contributed by atoms with van der Waals surface area (Å²) < 4.78 is 56.0. The summed E-state index contributed by atoms with van der Waals surface area (Å²) in [6.07, 6.45) is 0. The third-order valence-electron chi connectivity index (χ3n) is 2.38. The summed E-state index contributed by atoms with van der Waals surface area (Å²) in [7, 11) is 0. The topological polar surface area (TPSA) is 43.4 Å². The second kappa shape index (κ2) is 5.74. The Bertz CT molecular complexity index is 626. The SMILES string of the molecule is O=C(OC(=O)c1cc(F)cc(F)c1)c1cc(F)cc(F)c1. The molecular formula is C14H6F4O3. The van der Waals surface area contributed by atoms with Gasteiger partial charge in [-0.25, -0.2) is 27.2 Å². The minimum absolute atomic E-state index is 0.528. The molecule has 2 aromatic rings. The van der Waals surface area contributed by atoms with Gasteiger partial charge in [0.1, 0.15) is 23.3 Å². The van der Waals surface area contributed by atoms with Crippen molar-refractivity contribution in [2.24, 2.45) is 0 Å². The Hall–Kier alpha value is -2.70. The zero-order valence-electron chi connectivity index (χ0n) is 10.2. The summed E-state index contributed by atoms with van der Waals surface area (Å²) in [6.45, 7) is 0. The van der Waals surface area contributed by atoms with Crippen LogP contribution >= 0.6 is 0 Å². The Morgan fingerprint density at radius 1 is 0.619 bits per heavy atom. The van der Waals surface area contributed by atoms with Crippen LogP contribution in [-0.2, 0) is 4.74 Å². The van der Waals surface area contributed by atoms with E-state index in [0.29, 0.717) is 36.4 Å². The lowest BCUT2D eigenvalue weighted by atomic mass is 10.2. The smallest absolute Gasteiger partial charge is 0.346 e. The molecular weight excluding hydrogens is 292 g/mol. The molecule has 7 heteroatoms. The highest BCUT2D eigenvalue weighted by Gasteiger charge is 2.18. The van der Waals surface area contributed by atoms with Gasteiger partial charge in [-0.3, -0.25) is 0 Å². The van der Waals surface area contributed by atoms with Gasteiger partial charge in [-0.05, 0) is 24.3 Å². The largest absolute Gasteiger partial charge is 0.386 e. The third-order valence-corrected chi connectivity index (χ3v) is 2.38. The molecule has 0 heterocycles. The van der Waals surface area contributed by atoms with E-state index in [1.54, 1.807) is 0 Å². The Balaban J connectivity index is 2.20. The number of carbonyl (C=O) groups is 2. The number of hydrogen-bond donors (Lipinski definition) is 0. The van der Waals surface area contributed by atoms with E-state index < -0.39 is 46.3 Å². The van der Waals surface area contributed by atoms with E-state index in [1.165, 1.54) is 0 Å². The van der Waals surface area contributed by atoms with Crippen molar-refractivity contribution in [1.29, 1.82) is 0 Å². The van der Waals surface area contributed by atoms with Gasteiger partial charge in [-0.2, -0.15) is 0 Å². The van der Waals surface area contributed by atoms with E-state index in [-0.39, 0.29) is 0 Å². The number of benzene rings is 2. The molecule has 0 unspecified atom stereocenters. The van der Waals surface area contributed by atoms with E-state index in [2.05, 4.69) is 4.74 Å². The van der Waals surface area contributed by atoms with Crippen molar-refractivity contribution in [3.63, 3.8) is 0 Å². The molecule has 2 aromatic carbocycles. The average molecular weight is 298 g/mol. The van der Waals surface area contributed by atoms with Gasteiger partial charge < -0.3 is 4.74 Å². The van der Waals surface area contributed by atoms with Gasteiger partial charge >= 0.3 is 11.9 Å². The molecule has 0 saturated heterocycles. The molecule has 0 amide bonds. The highest BCUT2D eigenvalue weighted by atomic mass is 19.1. The number of carbonyl (C=O) groups excluding carboxylic acids is 2. The summed E-state index contributed by atoms with van der Waals surface area (Å²) >= 11 is 0. The van der Waals surface area contributed by atoms with Crippen molar-refractivity contribution in [2.45, 2.75) is 0 Å². The Kier molecular flexibility index (Phi) is 4.02. The van der Waals surface area contributed by atoms with Crippen LogP contribution < -0.4 is 0 Å². The molecule has 0 aliphatic carbocycles. The summed E-state index contributed by atoms with van der Waals surface area (Å²) in [6, 6.07) is 3.69. The van der Waals surface area contributed by atoms with Crippen LogP contribution in [0.1, 0.15) is 20.7 Å². The Morgan fingerprint density at radius 2 is 0.905 bits per heavy atom. The Morgan fingerprint density at radius 3 is 1.19 bits per heavy atom. The van der Waals surface area contributed by atoms with Crippen LogP contribution in [-0.4, -0.2) is 11.9 Å². The number of rotatable bonds is 2. The monoisotopic (exact) mass is 298 g/mol. The maximum absolute atomic E-state index is 12.9. The van der Waals surface area contributed by atoms with Crippen molar-refractivity contribution in [3.05, 3.63) is 70.8 Å².